The van der Waals surface area contributed by atoms with E-state index in [0.29, 0.717) is 11.6 Å². The van der Waals surface area contributed by atoms with Crippen molar-refractivity contribution in [3.05, 3.63) is 66.0 Å². The van der Waals surface area contributed by atoms with Gasteiger partial charge in [0.05, 0.1) is 5.52 Å². The first-order valence-electron chi connectivity index (χ1n) is 7.32. The second kappa shape index (κ2) is 5.21. The van der Waals surface area contributed by atoms with Crippen molar-refractivity contribution in [3.8, 4) is 0 Å². The zero-order chi connectivity index (χ0) is 15.8. The largest absolute Gasteiger partial charge is 0.350 e. The number of rotatable bonds is 2. The highest BCUT2D eigenvalue weighted by Gasteiger charge is 2.12. The second-order valence-corrected chi connectivity index (χ2v) is 5.43. The molecule has 112 valence electrons. The fourth-order valence-corrected chi connectivity index (χ4v) is 2.63. The van der Waals surface area contributed by atoms with Crippen LogP contribution in [0.5, 0.6) is 0 Å². The molecule has 0 unspecified atom stereocenters. The smallest absolute Gasteiger partial charge is 0.274 e. The van der Waals surface area contributed by atoms with E-state index in [0.717, 1.165) is 27.4 Å². The molecule has 4 rings (SSSR count). The number of hydrogen-bond acceptors (Lipinski definition) is 3. The maximum absolute atomic E-state index is 12.4. The van der Waals surface area contributed by atoms with Crippen LogP contribution in [0.2, 0.25) is 0 Å². The Morgan fingerprint density at radius 1 is 1.09 bits per heavy atom. The number of carbonyl (C=O) groups excluding carboxylic acids is 1. The van der Waals surface area contributed by atoms with Crippen LogP contribution in [-0.4, -0.2) is 20.9 Å². The lowest BCUT2D eigenvalue weighted by Crippen LogP contribution is -2.14. The van der Waals surface area contributed by atoms with Crippen LogP contribution in [0.1, 0.15) is 16.1 Å². The van der Waals surface area contributed by atoms with Crippen LogP contribution >= 0.6 is 0 Å². The number of benzene rings is 2. The molecule has 4 aromatic rings. The van der Waals surface area contributed by atoms with Crippen LogP contribution in [0.3, 0.4) is 0 Å². The molecule has 5 heteroatoms. The number of aryl methyl sites for hydroxylation is 1. The molecule has 0 saturated heterocycles. The Labute approximate surface area is 132 Å². The van der Waals surface area contributed by atoms with E-state index < -0.39 is 0 Å². The molecule has 2 aromatic carbocycles. The van der Waals surface area contributed by atoms with Gasteiger partial charge >= 0.3 is 0 Å². The Morgan fingerprint density at radius 2 is 1.91 bits per heavy atom. The molecule has 0 radical (unpaired) electrons. The van der Waals surface area contributed by atoms with Gasteiger partial charge in [-0.2, -0.15) is 0 Å². The summed E-state index contributed by atoms with van der Waals surface area (Å²) in [6.07, 6.45) is 1.70. The average molecular weight is 302 g/mol. The summed E-state index contributed by atoms with van der Waals surface area (Å²) in [4.78, 5) is 24.1. The molecule has 2 aromatic heterocycles. The van der Waals surface area contributed by atoms with E-state index in [1.54, 1.807) is 6.20 Å². The third-order valence-corrected chi connectivity index (χ3v) is 3.82. The highest BCUT2D eigenvalue weighted by molar-refractivity contribution is 6.05. The van der Waals surface area contributed by atoms with E-state index >= 15 is 0 Å². The molecule has 5 nitrogen and oxygen atoms in total. The first-order chi connectivity index (χ1) is 11.2. The number of aromatic amines is 1. The summed E-state index contributed by atoms with van der Waals surface area (Å²) in [5.74, 6) is 0.0416. The van der Waals surface area contributed by atoms with Crippen LogP contribution in [0.4, 0.5) is 5.95 Å². The van der Waals surface area contributed by atoms with Gasteiger partial charge in [-0.15, -0.1) is 0 Å². The summed E-state index contributed by atoms with van der Waals surface area (Å²) in [7, 11) is 0. The van der Waals surface area contributed by atoms with Gasteiger partial charge in [0.2, 0.25) is 5.95 Å². The lowest BCUT2D eigenvalue weighted by Gasteiger charge is -2.03. The predicted octanol–water partition coefficient (Wildman–Crippen LogP) is 3.67. The number of anilines is 1. The third-order valence-electron chi connectivity index (χ3n) is 3.82. The minimum Gasteiger partial charge on any atom is -0.350 e. The standard InChI is InChI=1S/C18H14N4O/c1-11-5-4-7-12-9-15(20-16(11)12)17(23)22-18-19-10-13-6-2-3-8-14(13)21-18/h2-10,20H,1H3,(H,19,21,22,23). The summed E-state index contributed by atoms with van der Waals surface area (Å²) < 4.78 is 0. The van der Waals surface area contributed by atoms with E-state index in [1.807, 2.05) is 55.5 Å². The molecular weight excluding hydrogens is 288 g/mol. The molecule has 0 aliphatic carbocycles. The molecule has 0 bridgehead atoms. The Balaban J connectivity index is 1.66. The van der Waals surface area contributed by atoms with Gasteiger partial charge < -0.3 is 4.98 Å². The zero-order valence-corrected chi connectivity index (χ0v) is 12.5. The minimum absolute atomic E-state index is 0.254. The fraction of sp³-hybridized carbons (Fsp3) is 0.0556. The molecule has 2 heterocycles. The normalized spacial score (nSPS) is 11.0. The van der Waals surface area contributed by atoms with Gasteiger partial charge in [-0.25, -0.2) is 9.97 Å². The Kier molecular flexibility index (Phi) is 3.05. The van der Waals surface area contributed by atoms with Crippen LogP contribution in [0, 0.1) is 6.92 Å². The number of fused-ring (bicyclic) bond motifs is 2. The van der Waals surface area contributed by atoms with E-state index in [-0.39, 0.29) is 5.91 Å². The molecule has 0 aliphatic rings. The molecular formula is C18H14N4O. The summed E-state index contributed by atoms with van der Waals surface area (Å²) in [5.41, 5.74) is 3.36. The quantitative estimate of drug-likeness (QED) is 0.593. The van der Waals surface area contributed by atoms with E-state index in [2.05, 4.69) is 20.3 Å². The molecule has 23 heavy (non-hydrogen) atoms. The van der Waals surface area contributed by atoms with Gasteiger partial charge in [0.25, 0.3) is 5.91 Å². The van der Waals surface area contributed by atoms with Gasteiger partial charge in [-0.3, -0.25) is 10.1 Å². The van der Waals surface area contributed by atoms with Crippen molar-refractivity contribution in [1.82, 2.24) is 15.0 Å². The van der Waals surface area contributed by atoms with Crippen LogP contribution in [0.25, 0.3) is 21.8 Å². The maximum atomic E-state index is 12.4. The molecule has 2 N–H and O–H groups in total. The SMILES string of the molecule is Cc1cccc2cc(C(=O)Nc3ncc4ccccc4n3)[nH]c12. The number of carbonyl (C=O) groups is 1. The van der Waals surface area contributed by atoms with E-state index in [1.165, 1.54) is 0 Å². The van der Waals surface area contributed by atoms with E-state index in [4.69, 9.17) is 0 Å². The Morgan fingerprint density at radius 3 is 2.78 bits per heavy atom. The molecule has 0 aliphatic heterocycles. The lowest BCUT2D eigenvalue weighted by atomic mass is 10.2. The topological polar surface area (TPSA) is 70.7 Å². The highest BCUT2D eigenvalue weighted by atomic mass is 16.2. The summed E-state index contributed by atoms with van der Waals surface area (Å²) >= 11 is 0. The number of amides is 1. The van der Waals surface area contributed by atoms with Crippen molar-refractivity contribution in [3.63, 3.8) is 0 Å². The minimum atomic E-state index is -0.254. The molecule has 0 fully saturated rings. The second-order valence-electron chi connectivity index (χ2n) is 5.43. The van der Waals surface area contributed by atoms with Gasteiger partial charge in [0.15, 0.2) is 0 Å². The summed E-state index contributed by atoms with van der Waals surface area (Å²) in [6, 6.07) is 15.4. The van der Waals surface area contributed by atoms with Gasteiger partial charge in [0.1, 0.15) is 5.69 Å². The maximum Gasteiger partial charge on any atom is 0.274 e. The number of nitrogens with zero attached hydrogens (tertiary/aromatic N) is 2. The van der Waals surface area contributed by atoms with Gasteiger partial charge in [0, 0.05) is 22.5 Å². The van der Waals surface area contributed by atoms with Crippen molar-refractivity contribution in [2.24, 2.45) is 0 Å². The van der Waals surface area contributed by atoms with Crippen LogP contribution in [-0.2, 0) is 0 Å². The average Bonchev–Trinajstić information content (AvgIpc) is 3.01. The van der Waals surface area contributed by atoms with E-state index in [9.17, 15) is 4.79 Å². The Bertz CT molecular complexity index is 1040. The highest BCUT2D eigenvalue weighted by Crippen LogP contribution is 2.19. The van der Waals surface area contributed by atoms with Crippen molar-refractivity contribution >= 4 is 33.7 Å². The van der Waals surface area contributed by atoms with Gasteiger partial charge in [-0.05, 0) is 24.6 Å². The zero-order valence-electron chi connectivity index (χ0n) is 12.5. The third kappa shape index (κ3) is 2.42. The Hall–Kier alpha value is -3.21. The molecule has 0 spiro atoms. The van der Waals surface area contributed by atoms with Crippen molar-refractivity contribution in [2.45, 2.75) is 6.92 Å². The van der Waals surface area contributed by atoms with Crippen molar-refractivity contribution in [1.29, 1.82) is 0 Å². The molecule has 1 amide bonds. The molecule has 0 saturated carbocycles. The summed E-state index contributed by atoms with van der Waals surface area (Å²) in [6.45, 7) is 2.01. The fourth-order valence-electron chi connectivity index (χ4n) is 2.63. The number of nitrogens with one attached hydrogen (secondary N) is 2. The number of aromatic nitrogens is 3. The molecule has 0 atom stereocenters. The van der Waals surface area contributed by atoms with Crippen LogP contribution < -0.4 is 5.32 Å². The van der Waals surface area contributed by atoms with Crippen molar-refractivity contribution < 1.29 is 4.79 Å². The van der Waals surface area contributed by atoms with Gasteiger partial charge in [-0.1, -0.05) is 36.4 Å². The number of hydrogen-bond donors (Lipinski definition) is 2. The number of H-pyrrole nitrogens is 1. The predicted molar refractivity (Wildman–Crippen MR) is 90.5 cm³/mol. The van der Waals surface area contributed by atoms with Crippen molar-refractivity contribution in [2.75, 3.05) is 5.32 Å². The van der Waals surface area contributed by atoms with Crippen LogP contribution in [0.15, 0.2) is 54.7 Å². The first-order valence-corrected chi connectivity index (χ1v) is 7.32. The monoisotopic (exact) mass is 302 g/mol. The first kappa shape index (κ1) is 13.5. The summed E-state index contributed by atoms with van der Waals surface area (Å²) in [5, 5.41) is 4.68. The number of para-hydroxylation sites is 2. The lowest BCUT2D eigenvalue weighted by molar-refractivity contribution is 0.102.